The van der Waals surface area contributed by atoms with Crippen molar-refractivity contribution >= 4 is 23.2 Å². The Kier molecular flexibility index (Phi) is 4.65. The summed E-state index contributed by atoms with van der Waals surface area (Å²) in [7, 11) is 1.62. The molecule has 0 N–H and O–H groups in total. The van der Waals surface area contributed by atoms with Gasteiger partial charge in [0.05, 0.1) is 18.2 Å². The summed E-state index contributed by atoms with van der Waals surface area (Å²) in [6.45, 7) is 1.17. The Bertz CT molecular complexity index is 638. The maximum Gasteiger partial charge on any atom is 0.217 e. The van der Waals surface area contributed by atoms with Crippen LogP contribution in [0.2, 0.25) is 10.0 Å². The summed E-state index contributed by atoms with van der Waals surface area (Å²) >= 11 is 12.3. The molecule has 8 heteroatoms. The highest BCUT2D eigenvalue weighted by atomic mass is 35.5. The third kappa shape index (κ3) is 3.11. The molecule has 1 saturated heterocycles. The minimum atomic E-state index is -1.04. The molecule has 0 spiro atoms. The van der Waals surface area contributed by atoms with E-state index in [1.54, 1.807) is 36.3 Å². The second-order valence-corrected chi connectivity index (χ2v) is 5.82. The molecule has 0 aliphatic carbocycles. The standard InChI is InChI=1S/C14H15Cl2N3O3/c1-20-5-11-6-21-14(22-11,7-19-9-17-8-18-19)12-3-2-10(15)4-13(12)16/h2-4,8-9,11H,5-7H2,1H3/t11-,14-/m1/s1. The monoisotopic (exact) mass is 343 g/mol. The molecule has 6 nitrogen and oxygen atoms in total. The fourth-order valence-electron chi connectivity index (χ4n) is 2.47. The molecule has 118 valence electrons. The van der Waals surface area contributed by atoms with Gasteiger partial charge in [-0.25, -0.2) is 9.67 Å². The number of hydrogen-bond donors (Lipinski definition) is 0. The van der Waals surface area contributed by atoms with Crippen LogP contribution in [0.4, 0.5) is 0 Å². The zero-order chi connectivity index (χ0) is 15.6. The third-order valence-corrected chi connectivity index (χ3v) is 3.94. The van der Waals surface area contributed by atoms with Crippen molar-refractivity contribution in [1.82, 2.24) is 14.8 Å². The summed E-state index contributed by atoms with van der Waals surface area (Å²) in [6.07, 6.45) is 2.88. The molecule has 0 unspecified atom stereocenters. The van der Waals surface area contributed by atoms with E-state index in [9.17, 15) is 0 Å². The van der Waals surface area contributed by atoms with E-state index in [0.29, 0.717) is 35.4 Å². The Labute approximate surface area is 137 Å². The Hall–Kier alpha value is -1.18. The average Bonchev–Trinajstić information content (AvgIpc) is 3.10. The maximum absolute atomic E-state index is 6.34. The van der Waals surface area contributed by atoms with Gasteiger partial charge in [-0.05, 0) is 12.1 Å². The highest BCUT2D eigenvalue weighted by Crippen LogP contribution is 2.40. The SMILES string of the molecule is COC[C@@H]1CO[C@@](Cn2cncn2)(c2ccc(Cl)cc2Cl)O1. The van der Waals surface area contributed by atoms with Crippen LogP contribution in [0.5, 0.6) is 0 Å². The summed E-state index contributed by atoms with van der Waals surface area (Å²) in [5, 5.41) is 5.14. The first-order chi connectivity index (χ1) is 10.6. The highest BCUT2D eigenvalue weighted by Gasteiger charge is 2.45. The van der Waals surface area contributed by atoms with Crippen molar-refractivity contribution in [3.63, 3.8) is 0 Å². The molecule has 0 radical (unpaired) electrons. The molecule has 0 saturated carbocycles. The van der Waals surface area contributed by atoms with E-state index in [2.05, 4.69) is 10.1 Å². The molecule has 2 aromatic rings. The van der Waals surface area contributed by atoms with E-state index >= 15 is 0 Å². The molecule has 22 heavy (non-hydrogen) atoms. The molecule has 3 rings (SSSR count). The zero-order valence-electron chi connectivity index (χ0n) is 11.9. The van der Waals surface area contributed by atoms with Crippen molar-refractivity contribution in [1.29, 1.82) is 0 Å². The molecule has 2 atom stereocenters. The average molecular weight is 344 g/mol. The number of nitrogens with zero attached hydrogens (tertiary/aromatic N) is 3. The normalized spacial score (nSPS) is 24.8. The van der Waals surface area contributed by atoms with Crippen molar-refractivity contribution in [2.45, 2.75) is 18.4 Å². The van der Waals surface area contributed by atoms with Gasteiger partial charge in [-0.1, -0.05) is 29.3 Å². The summed E-state index contributed by atoms with van der Waals surface area (Å²) < 4.78 is 18.9. The van der Waals surface area contributed by atoms with Gasteiger partial charge in [-0.3, -0.25) is 0 Å². The summed E-state index contributed by atoms with van der Waals surface area (Å²) in [4.78, 5) is 3.94. The van der Waals surface area contributed by atoms with Crippen LogP contribution in [0.15, 0.2) is 30.9 Å². The minimum absolute atomic E-state index is 0.180. The number of halogens is 2. The van der Waals surface area contributed by atoms with Gasteiger partial charge in [0.2, 0.25) is 5.79 Å². The van der Waals surface area contributed by atoms with E-state index in [4.69, 9.17) is 37.4 Å². The number of benzene rings is 1. The quantitative estimate of drug-likeness (QED) is 0.834. The first-order valence-electron chi connectivity index (χ1n) is 6.71. The fourth-order valence-corrected chi connectivity index (χ4v) is 3.02. The van der Waals surface area contributed by atoms with Crippen LogP contribution in [0.3, 0.4) is 0 Å². The number of hydrogen-bond acceptors (Lipinski definition) is 5. The number of methoxy groups -OCH3 is 1. The Morgan fingerprint density at radius 2 is 2.32 bits per heavy atom. The molecule has 2 heterocycles. The topological polar surface area (TPSA) is 58.4 Å². The second kappa shape index (κ2) is 6.52. The van der Waals surface area contributed by atoms with Crippen molar-refractivity contribution in [3.8, 4) is 0 Å². The molecule has 1 aromatic heterocycles. The third-order valence-electron chi connectivity index (χ3n) is 3.39. The first kappa shape index (κ1) is 15.7. The lowest BCUT2D eigenvalue weighted by atomic mass is 10.1. The van der Waals surface area contributed by atoms with Gasteiger partial charge in [0.15, 0.2) is 0 Å². The molecular weight excluding hydrogens is 329 g/mol. The molecular formula is C14H15Cl2N3O3. The number of rotatable bonds is 5. The number of aromatic nitrogens is 3. The van der Waals surface area contributed by atoms with E-state index < -0.39 is 5.79 Å². The van der Waals surface area contributed by atoms with Gasteiger partial charge < -0.3 is 14.2 Å². The predicted octanol–water partition coefficient (Wildman–Crippen LogP) is 2.50. The van der Waals surface area contributed by atoms with Crippen molar-refractivity contribution in [2.75, 3.05) is 20.3 Å². The molecule has 1 aliphatic heterocycles. The Morgan fingerprint density at radius 3 is 3.00 bits per heavy atom. The van der Waals surface area contributed by atoms with Crippen LogP contribution < -0.4 is 0 Å². The van der Waals surface area contributed by atoms with E-state index in [-0.39, 0.29) is 6.10 Å². The molecule has 0 amide bonds. The van der Waals surface area contributed by atoms with Gasteiger partial charge in [0.25, 0.3) is 0 Å². The second-order valence-electron chi connectivity index (χ2n) is 4.98. The lowest BCUT2D eigenvalue weighted by molar-refractivity contribution is -0.192. The van der Waals surface area contributed by atoms with Crippen LogP contribution in [0.25, 0.3) is 0 Å². The van der Waals surface area contributed by atoms with Gasteiger partial charge in [0.1, 0.15) is 25.3 Å². The molecule has 1 fully saturated rings. The van der Waals surface area contributed by atoms with Crippen LogP contribution in [0, 0.1) is 0 Å². The maximum atomic E-state index is 6.34. The number of ether oxygens (including phenoxy) is 3. The Balaban J connectivity index is 1.96. The predicted molar refractivity (Wildman–Crippen MR) is 80.9 cm³/mol. The van der Waals surface area contributed by atoms with Crippen LogP contribution in [-0.2, 0) is 26.5 Å². The lowest BCUT2D eigenvalue weighted by Crippen LogP contribution is -2.34. The summed E-state index contributed by atoms with van der Waals surface area (Å²) in [6, 6.07) is 5.22. The van der Waals surface area contributed by atoms with Gasteiger partial charge in [-0.15, -0.1) is 0 Å². The van der Waals surface area contributed by atoms with Gasteiger partial charge in [0, 0.05) is 17.7 Å². The van der Waals surface area contributed by atoms with Crippen molar-refractivity contribution in [2.24, 2.45) is 0 Å². The fraction of sp³-hybridized carbons (Fsp3) is 0.429. The van der Waals surface area contributed by atoms with Gasteiger partial charge in [-0.2, -0.15) is 5.10 Å². The van der Waals surface area contributed by atoms with Crippen LogP contribution in [0.1, 0.15) is 5.56 Å². The van der Waals surface area contributed by atoms with Crippen LogP contribution >= 0.6 is 23.2 Å². The summed E-state index contributed by atoms with van der Waals surface area (Å²) in [5.74, 6) is -1.04. The molecule has 0 bridgehead atoms. The Morgan fingerprint density at radius 1 is 1.45 bits per heavy atom. The van der Waals surface area contributed by atoms with E-state index in [0.717, 1.165) is 0 Å². The van der Waals surface area contributed by atoms with E-state index in [1.807, 2.05) is 0 Å². The highest BCUT2D eigenvalue weighted by molar-refractivity contribution is 6.35. The van der Waals surface area contributed by atoms with Crippen molar-refractivity contribution < 1.29 is 14.2 Å². The molecule has 1 aromatic carbocycles. The summed E-state index contributed by atoms with van der Waals surface area (Å²) in [5.41, 5.74) is 0.702. The minimum Gasteiger partial charge on any atom is -0.382 e. The van der Waals surface area contributed by atoms with Crippen LogP contribution in [-0.4, -0.2) is 41.2 Å². The zero-order valence-corrected chi connectivity index (χ0v) is 13.4. The van der Waals surface area contributed by atoms with Crippen molar-refractivity contribution in [3.05, 3.63) is 46.5 Å². The first-order valence-corrected chi connectivity index (χ1v) is 7.47. The molecule has 1 aliphatic rings. The van der Waals surface area contributed by atoms with Gasteiger partial charge >= 0.3 is 0 Å². The lowest BCUT2D eigenvalue weighted by Gasteiger charge is -2.29. The smallest absolute Gasteiger partial charge is 0.217 e. The van der Waals surface area contributed by atoms with E-state index in [1.165, 1.54) is 6.33 Å². The largest absolute Gasteiger partial charge is 0.382 e.